The van der Waals surface area contributed by atoms with Crippen LogP contribution in [0.3, 0.4) is 0 Å². The van der Waals surface area contributed by atoms with Gasteiger partial charge >= 0.3 is 0 Å². The van der Waals surface area contributed by atoms with E-state index in [9.17, 15) is 14.0 Å². The van der Waals surface area contributed by atoms with Crippen LogP contribution in [-0.4, -0.2) is 35.8 Å². The molecule has 1 aromatic carbocycles. The molecule has 0 radical (unpaired) electrons. The van der Waals surface area contributed by atoms with E-state index in [4.69, 9.17) is 0 Å². The Balaban J connectivity index is 1.48. The lowest BCUT2D eigenvalue weighted by Crippen LogP contribution is -2.47. The van der Waals surface area contributed by atoms with Gasteiger partial charge in [-0.15, -0.1) is 0 Å². The van der Waals surface area contributed by atoms with Crippen molar-refractivity contribution in [3.05, 3.63) is 48.3 Å². The zero-order valence-corrected chi connectivity index (χ0v) is 15.1. The number of piperidine rings is 1. The molecule has 0 aromatic heterocycles. The van der Waals surface area contributed by atoms with Crippen LogP contribution in [0.2, 0.25) is 0 Å². The summed E-state index contributed by atoms with van der Waals surface area (Å²) in [6.45, 7) is 4.72. The molecule has 5 heteroatoms. The van der Waals surface area contributed by atoms with Gasteiger partial charge in [-0.05, 0) is 68.2 Å². The van der Waals surface area contributed by atoms with E-state index in [2.05, 4.69) is 11.9 Å². The highest BCUT2D eigenvalue weighted by molar-refractivity contribution is 5.88. The highest BCUT2D eigenvalue weighted by atomic mass is 19.1. The van der Waals surface area contributed by atoms with Crippen molar-refractivity contribution in [2.45, 2.75) is 50.5 Å². The second kappa shape index (κ2) is 8.47. The maximum Gasteiger partial charge on any atom is 0.245 e. The van der Waals surface area contributed by atoms with Gasteiger partial charge in [0.25, 0.3) is 0 Å². The number of carbonyl (C=O) groups excluding carboxylic acids is 2. The molecule has 3 rings (SSSR count). The van der Waals surface area contributed by atoms with Crippen LogP contribution in [0.5, 0.6) is 0 Å². The Kier molecular flexibility index (Phi) is 6.07. The van der Waals surface area contributed by atoms with Gasteiger partial charge in [-0.25, -0.2) is 4.39 Å². The topological polar surface area (TPSA) is 49.4 Å². The number of likely N-dealkylation sites (tertiary alicyclic amines) is 1. The summed E-state index contributed by atoms with van der Waals surface area (Å²) in [4.78, 5) is 26.1. The summed E-state index contributed by atoms with van der Waals surface area (Å²) in [6.07, 6.45) is 6.89. The smallest absolute Gasteiger partial charge is 0.245 e. The number of nitrogens with zero attached hydrogens (tertiary/aromatic N) is 1. The highest BCUT2D eigenvalue weighted by Crippen LogP contribution is 2.33. The molecule has 26 heavy (non-hydrogen) atoms. The third-order valence-corrected chi connectivity index (χ3v) is 5.69. The molecule has 0 bridgehead atoms. The van der Waals surface area contributed by atoms with Gasteiger partial charge in [-0.3, -0.25) is 9.59 Å². The molecular formula is C21H27FN2O2. The Morgan fingerprint density at radius 2 is 1.81 bits per heavy atom. The largest absolute Gasteiger partial charge is 0.353 e. The van der Waals surface area contributed by atoms with Crippen molar-refractivity contribution < 1.29 is 14.0 Å². The molecule has 1 aliphatic carbocycles. The van der Waals surface area contributed by atoms with Crippen LogP contribution in [0.4, 0.5) is 4.39 Å². The molecule has 140 valence electrons. The summed E-state index contributed by atoms with van der Waals surface area (Å²) < 4.78 is 13.1. The van der Waals surface area contributed by atoms with E-state index in [1.807, 2.05) is 12.1 Å². The first-order valence-corrected chi connectivity index (χ1v) is 9.54. The zero-order valence-electron chi connectivity index (χ0n) is 15.1. The Morgan fingerprint density at radius 3 is 2.46 bits per heavy atom. The summed E-state index contributed by atoms with van der Waals surface area (Å²) in [5.74, 6) is 0.0897. The quantitative estimate of drug-likeness (QED) is 0.839. The van der Waals surface area contributed by atoms with Crippen LogP contribution in [0.1, 0.15) is 50.0 Å². The molecule has 4 nitrogen and oxygen atoms in total. The number of carbonyl (C=O) groups is 2. The number of hydrogen-bond donors (Lipinski definition) is 1. The van der Waals surface area contributed by atoms with Crippen molar-refractivity contribution in [3.8, 4) is 0 Å². The number of hydrogen-bond acceptors (Lipinski definition) is 2. The Hall–Kier alpha value is -2.17. The van der Waals surface area contributed by atoms with Crippen LogP contribution in [-0.2, 0) is 9.59 Å². The van der Waals surface area contributed by atoms with Gasteiger partial charge in [0.1, 0.15) is 5.82 Å². The van der Waals surface area contributed by atoms with E-state index in [1.165, 1.54) is 23.8 Å². The molecule has 1 unspecified atom stereocenters. The van der Waals surface area contributed by atoms with Gasteiger partial charge in [-0.1, -0.05) is 18.7 Å². The first kappa shape index (κ1) is 18.6. The first-order valence-electron chi connectivity index (χ1n) is 9.54. The predicted molar refractivity (Wildman–Crippen MR) is 99.0 cm³/mol. The van der Waals surface area contributed by atoms with Crippen LogP contribution >= 0.6 is 0 Å². The third-order valence-electron chi connectivity index (χ3n) is 5.69. The van der Waals surface area contributed by atoms with Crippen molar-refractivity contribution in [3.63, 3.8) is 0 Å². The second-order valence-electron chi connectivity index (χ2n) is 7.44. The summed E-state index contributed by atoms with van der Waals surface area (Å²) in [5.41, 5.74) is 1.18. The summed E-state index contributed by atoms with van der Waals surface area (Å²) >= 11 is 0. The lowest BCUT2D eigenvalue weighted by Gasteiger charge is -2.34. The minimum Gasteiger partial charge on any atom is -0.353 e. The van der Waals surface area contributed by atoms with Crippen LogP contribution < -0.4 is 5.32 Å². The maximum atomic E-state index is 13.1. The number of rotatable bonds is 4. The normalized spacial score (nSPS) is 26.2. The maximum absolute atomic E-state index is 13.1. The average Bonchev–Trinajstić information content (AvgIpc) is 2.68. The molecule has 2 amide bonds. The summed E-state index contributed by atoms with van der Waals surface area (Å²) in [7, 11) is 0. The van der Waals surface area contributed by atoms with Crippen molar-refractivity contribution in [2.24, 2.45) is 5.92 Å². The van der Waals surface area contributed by atoms with Gasteiger partial charge in [0.05, 0.1) is 5.92 Å². The Labute approximate surface area is 154 Å². The van der Waals surface area contributed by atoms with E-state index in [0.29, 0.717) is 19.0 Å². The number of amides is 2. The molecule has 1 saturated heterocycles. The monoisotopic (exact) mass is 358 g/mol. The lowest BCUT2D eigenvalue weighted by molar-refractivity contribution is -0.132. The Bertz CT molecular complexity index is 650. The molecule has 1 atom stereocenters. The average molecular weight is 358 g/mol. The molecule has 2 fully saturated rings. The van der Waals surface area contributed by atoms with E-state index >= 15 is 0 Å². The van der Waals surface area contributed by atoms with E-state index < -0.39 is 0 Å². The van der Waals surface area contributed by atoms with Crippen LogP contribution in [0, 0.1) is 11.7 Å². The fourth-order valence-corrected chi connectivity index (χ4v) is 4.15. The minimum atomic E-state index is -0.203. The van der Waals surface area contributed by atoms with Crippen LogP contribution in [0.15, 0.2) is 36.9 Å². The van der Waals surface area contributed by atoms with E-state index in [0.717, 1.165) is 38.5 Å². The SMILES string of the molecule is C=CC(=O)N1CCCC(C(=O)NC2CCC(c3ccc(F)cc3)CC2)C1. The Morgan fingerprint density at radius 1 is 1.12 bits per heavy atom. The van der Waals surface area contributed by atoms with Crippen molar-refractivity contribution in [1.29, 1.82) is 0 Å². The lowest BCUT2D eigenvalue weighted by atomic mass is 9.81. The highest BCUT2D eigenvalue weighted by Gasteiger charge is 2.30. The van der Waals surface area contributed by atoms with Gasteiger partial charge in [0.15, 0.2) is 0 Å². The van der Waals surface area contributed by atoms with Crippen molar-refractivity contribution in [1.82, 2.24) is 10.2 Å². The summed E-state index contributed by atoms with van der Waals surface area (Å²) in [6, 6.07) is 6.97. The van der Waals surface area contributed by atoms with Crippen LogP contribution in [0.25, 0.3) is 0 Å². The standard InChI is InChI=1S/C21H27FN2O2/c1-2-20(25)24-13-3-4-17(14-24)21(26)23-19-11-7-16(8-12-19)15-5-9-18(22)10-6-15/h2,5-6,9-10,16-17,19H,1,3-4,7-8,11-14H2,(H,23,26). The number of benzene rings is 1. The third kappa shape index (κ3) is 4.51. The molecule has 1 N–H and O–H groups in total. The molecule has 0 spiro atoms. The zero-order chi connectivity index (χ0) is 18.5. The molecular weight excluding hydrogens is 331 g/mol. The van der Waals surface area contributed by atoms with E-state index in [-0.39, 0.29) is 29.6 Å². The number of halogens is 1. The number of nitrogens with one attached hydrogen (secondary N) is 1. The van der Waals surface area contributed by atoms with Crippen molar-refractivity contribution in [2.75, 3.05) is 13.1 Å². The fourth-order valence-electron chi connectivity index (χ4n) is 4.15. The predicted octanol–water partition coefficient (Wildman–Crippen LogP) is 3.39. The molecule has 1 aliphatic heterocycles. The van der Waals surface area contributed by atoms with Gasteiger partial charge in [0, 0.05) is 19.1 Å². The van der Waals surface area contributed by atoms with E-state index in [1.54, 1.807) is 4.90 Å². The van der Waals surface area contributed by atoms with Gasteiger partial charge in [-0.2, -0.15) is 0 Å². The molecule has 2 aliphatic rings. The summed E-state index contributed by atoms with van der Waals surface area (Å²) in [5, 5.41) is 3.18. The molecule has 1 aromatic rings. The van der Waals surface area contributed by atoms with Gasteiger partial charge in [0.2, 0.25) is 11.8 Å². The molecule has 1 heterocycles. The molecule has 1 saturated carbocycles. The minimum absolute atomic E-state index is 0.0665. The second-order valence-corrected chi connectivity index (χ2v) is 7.44. The van der Waals surface area contributed by atoms with Crippen molar-refractivity contribution >= 4 is 11.8 Å². The fraction of sp³-hybridized carbons (Fsp3) is 0.524. The van der Waals surface area contributed by atoms with Gasteiger partial charge < -0.3 is 10.2 Å². The first-order chi connectivity index (χ1) is 12.6.